The summed E-state index contributed by atoms with van der Waals surface area (Å²) in [6.07, 6.45) is 7.47. The van der Waals surface area contributed by atoms with Crippen molar-refractivity contribution >= 4 is 5.82 Å². The van der Waals surface area contributed by atoms with E-state index in [-0.39, 0.29) is 6.04 Å². The quantitative estimate of drug-likeness (QED) is 0.846. The third-order valence-corrected chi connectivity index (χ3v) is 3.43. The minimum atomic E-state index is 0.278. The van der Waals surface area contributed by atoms with E-state index in [0.717, 1.165) is 19.4 Å². The summed E-state index contributed by atoms with van der Waals surface area (Å²) in [5.41, 5.74) is 9.57. The third-order valence-electron chi connectivity index (χ3n) is 3.43. The van der Waals surface area contributed by atoms with Gasteiger partial charge in [-0.25, -0.2) is 4.98 Å². The smallest absolute Gasteiger partial charge is 0.123 e. The number of nitrogens with zero attached hydrogens (tertiary/aromatic N) is 2. The first-order chi connectivity index (χ1) is 9.74. The number of nitrogens with two attached hydrogens (primary N) is 1. The molecule has 0 fully saturated rings. The Morgan fingerprint density at radius 2 is 2.10 bits per heavy atom. The molecule has 0 radical (unpaired) electrons. The van der Waals surface area contributed by atoms with Crippen molar-refractivity contribution in [3.8, 4) is 0 Å². The summed E-state index contributed by atoms with van der Waals surface area (Å²) in [6, 6.07) is 6.35. The van der Waals surface area contributed by atoms with Crippen LogP contribution < -0.4 is 11.1 Å². The van der Waals surface area contributed by atoms with Crippen molar-refractivity contribution in [2.45, 2.75) is 32.7 Å². The first kappa shape index (κ1) is 14.5. The Hall–Kier alpha value is -1.94. The van der Waals surface area contributed by atoms with Gasteiger partial charge in [-0.15, -0.1) is 0 Å². The molecule has 1 unspecified atom stereocenters. The summed E-state index contributed by atoms with van der Waals surface area (Å²) in [5, 5.41) is 3.55. The molecule has 0 spiro atoms. The lowest BCUT2D eigenvalue weighted by atomic mass is 9.95. The van der Waals surface area contributed by atoms with Gasteiger partial charge in [0.1, 0.15) is 5.82 Å². The minimum Gasteiger partial charge on any atom is -0.384 e. The molecule has 0 saturated carbocycles. The van der Waals surface area contributed by atoms with E-state index >= 15 is 0 Å². The van der Waals surface area contributed by atoms with Crippen LogP contribution in [0.15, 0.2) is 36.8 Å². The van der Waals surface area contributed by atoms with Crippen LogP contribution in [0, 0.1) is 0 Å². The van der Waals surface area contributed by atoms with Gasteiger partial charge in [0.25, 0.3) is 0 Å². The number of likely N-dealkylation sites (N-methyl/N-ethyl adjacent to an activating group) is 1. The van der Waals surface area contributed by atoms with Crippen LogP contribution in [0.25, 0.3) is 0 Å². The van der Waals surface area contributed by atoms with E-state index in [0.29, 0.717) is 5.82 Å². The molecule has 0 aromatic carbocycles. The lowest BCUT2D eigenvalue weighted by Crippen LogP contribution is -2.24. The molecule has 4 nitrogen and oxygen atoms in total. The second-order valence-corrected chi connectivity index (χ2v) is 4.83. The zero-order valence-corrected chi connectivity index (χ0v) is 12.1. The van der Waals surface area contributed by atoms with Crippen molar-refractivity contribution in [2.75, 3.05) is 12.3 Å². The van der Waals surface area contributed by atoms with Crippen molar-refractivity contribution < 1.29 is 0 Å². The number of hydrogen-bond donors (Lipinski definition) is 2. The molecule has 0 amide bonds. The number of aromatic nitrogens is 2. The number of anilines is 1. The fourth-order valence-corrected chi connectivity index (χ4v) is 2.47. The molecule has 0 aliphatic carbocycles. The maximum absolute atomic E-state index is 5.76. The Kier molecular flexibility index (Phi) is 5.07. The normalized spacial score (nSPS) is 12.3. The highest BCUT2D eigenvalue weighted by molar-refractivity contribution is 5.34. The van der Waals surface area contributed by atoms with Crippen LogP contribution in [0.1, 0.15) is 36.6 Å². The van der Waals surface area contributed by atoms with Gasteiger partial charge in [0.05, 0.1) is 0 Å². The lowest BCUT2D eigenvalue weighted by molar-refractivity contribution is 0.545. The van der Waals surface area contributed by atoms with Gasteiger partial charge in [-0.1, -0.05) is 13.8 Å². The van der Waals surface area contributed by atoms with Crippen LogP contribution in [0.3, 0.4) is 0 Å². The van der Waals surface area contributed by atoms with E-state index in [1.54, 1.807) is 6.20 Å². The molecule has 2 rings (SSSR count). The summed E-state index contributed by atoms with van der Waals surface area (Å²) in [7, 11) is 0. The van der Waals surface area contributed by atoms with Gasteiger partial charge >= 0.3 is 0 Å². The summed E-state index contributed by atoms with van der Waals surface area (Å²) < 4.78 is 0. The molecule has 2 heterocycles. The number of hydrogen-bond acceptors (Lipinski definition) is 4. The molecule has 2 aromatic heterocycles. The fraction of sp³-hybridized carbons (Fsp3) is 0.375. The molecule has 20 heavy (non-hydrogen) atoms. The Morgan fingerprint density at radius 3 is 2.80 bits per heavy atom. The second-order valence-electron chi connectivity index (χ2n) is 4.83. The SMILES string of the molecule is CCNC(Cc1ccnc(N)c1)c1ccncc1CC. The summed E-state index contributed by atoms with van der Waals surface area (Å²) >= 11 is 0. The zero-order valence-electron chi connectivity index (χ0n) is 12.1. The van der Waals surface area contributed by atoms with Gasteiger partial charge in [-0.3, -0.25) is 4.98 Å². The fourth-order valence-electron chi connectivity index (χ4n) is 2.47. The molecule has 4 heteroatoms. The van der Waals surface area contributed by atoms with Crippen molar-refractivity contribution in [1.29, 1.82) is 0 Å². The van der Waals surface area contributed by atoms with Crippen molar-refractivity contribution in [1.82, 2.24) is 15.3 Å². The van der Waals surface area contributed by atoms with Gasteiger partial charge in [0.15, 0.2) is 0 Å². The minimum absolute atomic E-state index is 0.278. The van der Waals surface area contributed by atoms with Gasteiger partial charge in [-0.2, -0.15) is 0 Å². The summed E-state index contributed by atoms with van der Waals surface area (Å²) in [6.45, 7) is 5.21. The molecule has 1 atom stereocenters. The van der Waals surface area contributed by atoms with E-state index in [4.69, 9.17) is 5.73 Å². The highest BCUT2D eigenvalue weighted by Crippen LogP contribution is 2.22. The molecular weight excluding hydrogens is 248 g/mol. The maximum Gasteiger partial charge on any atom is 0.123 e. The number of aryl methyl sites for hydroxylation is 1. The van der Waals surface area contributed by atoms with E-state index in [1.807, 2.05) is 24.5 Å². The van der Waals surface area contributed by atoms with Gasteiger partial charge in [0, 0.05) is 24.6 Å². The Labute approximate surface area is 120 Å². The lowest BCUT2D eigenvalue weighted by Gasteiger charge is -2.21. The maximum atomic E-state index is 5.76. The predicted octanol–water partition coefficient (Wildman–Crippen LogP) is 2.51. The number of nitrogen functional groups attached to an aromatic ring is 1. The third kappa shape index (κ3) is 3.54. The topological polar surface area (TPSA) is 63.8 Å². The largest absolute Gasteiger partial charge is 0.384 e. The highest BCUT2D eigenvalue weighted by atomic mass is 14.9. The van der Waals surface area contributed by atoms with Crippen molar-refractivity contribution in [3.63, 3.8) is 0 Å². The molecule has 0 bridgehead atoms. The number of pyridine rings is 2. The summed E-state index contributed by atoms with van der Waals surface area (Å²) in [5.74, 6) is 0.572. The van der Waals surface area contributed by atoms with E-state index in [2.05, 4.69) is 35.2 Å². The second kappa shape index (κ2) is 7.01. The van der Waals surface area contributed by atoms with Crippen molar-refractivity contribution in [2.24, 2.45) is 0 Å². The molecule has 106 valence electrons. The van der Waals surface area contributed by atoms with Crippen LogP contribution in [0.5, 0.6) is 0 Å². The molecule has 2 aromatic rings. The standard InChI is InChI=1S/C16H22N4/c1-3-13-11-18-7-6-14(13)15(19-4-2)9-12-5-8-20-16(17)10-12/h5-8,10-11,15,19H,3-4,9H2,1-2H3,(H2,17,20). The first-order valence-corrected chi connectivity index (χ1v) is 7.11. The van der Waals surface area contributed by atoms with Crippen LogP contribution >= 0.6 is 0 Å². The molecule has 0 saturated heterocycles. The van der Waals surface area contributed by atoms with Gasteiger partial charge < -0.3 is 11.1 Å². The number of nitrogens with one attached hydrogen (secondary N) is 1. The Bertz CT molecular complexity index is 554. The van der Waals surface area contributed by atoms with Crippen LogP contribution in [-0.2, 0) is 12.8 Å². The van der Waals surface area contributed by atoms with Gasteiger partial charge in [-0.05, 0) is 54.3 Å². The predicted molar refractivity (Wildman–Crippen MR) is 82.4 cm³/mol. The van der Waals surface area contributed by atoms with Crippen molar-refractivity contribution in [3.05, 3.63) is 53.5 Å². The van der Waals surface area contributed by atoms with Gasteiger partial charge in [0.2, 0.25) is 0 Å². The first-order valence-electron chi connectivity index (χ1n) is 7.11. The number of rotatable bonds is 6. The average Bonchev–Trinajstić information content (AvgIpc) is 2.47. The molecule has 0 aliphatic heterocycles. The van der Waals surface area contributed by atoms with E-state index in [1.165, 1.54) is 16.7 Å². The van der Waals surface area contributed by atoms with E-state index < -0.39 is 0 Å². The average molecular weight is 270 g/mol. The Balaban J connectivity index is 2.26. The summed E-state index contributed by atoms with van der Waals surface area (Å²) in [4.78, 5) is 8.27. The monoisotopic (exact) mass is 270 g/mol. The van der Waals surface area contributed by atoms with E-state index in [9.17, 15) is 0 Å². The van der Waals surface area contributed by atoms with Crippen LogP contribution in [0.2, 0.25) is 0 Å². The molecule has 3 N–H and O–H groups in total. The molecule has 0 aliphatic rings. The highest BCUT2D eigenvalue weighted by Gasteiger charge is 2.14. The molecular formula is C16H22N4. The Morgan fingerprint density at radius 1 is 1.25 bits per heavy atom. The zero-order chi connectivity index (χ0) is 14.4. The van der Waals surface area contributed by atoms with Crippen LogP contribution in [0.4, 0.5) is 5.82 Å². The van der Waals surface area contributed by atoms with Crippen LogP contribution in [-0.4, -0.2) is 16.5 Å².